The minimum absolute atomic E-state index is 0.144. The van der Waals surface area contributed by atoms with E-state index in [1.54, 1.807) is 14.0 Å². The van der Waals surface area contributed by atoms with E-state index < -0.39 is 11.5 Å². The maximum Gasteiger partial charge on any atom is 0.316 e. The molecule has 8 atom stereocenters. The minimum Gasteiger partial charge on any atom is -0.465 e. The molecule has 4 fully saturated rings. The van der Waals surface area contributed by atoms with E-state index in [1.165, 1.54) is 0 Å². The van der Waals surface area contributed by atoms with Gasteiger partial charge in [0, 0.05) is 12.5 Å². The van der Waals surface area contributed by atoms with Crippen molar-refractivity contribution in [3.05, 3.63) is 0 Å². The topological polar surface area (TPSA) is 72.8 Å². The molecule has 4 rings (SSSR count). The molecule has 4 aliphatic rings. The van der Waals surface area contributed by atoms with E-state index in [2.05, 4.69) is 6.92 Å². The Morgan fingerprint density at radius 1 is 1.07 bits per heavy atom. The van der Waals surface area contributed by atoms with Crippen LogP contribution in [0.4, 0.5) is 0 Å². The zero-order chi connectivity index (χ0) is 20.8. The molecule has 5 nitrogen and oxygen atoms in total. The van der Waals surface area contributed by atoms with Gasteiger partial charge in [-0.15, -0.1) is 0 Å². The van der Waals surface area contributed by atoms with Gasteiger partial charge in [0.1, 0.15) is 5.92 Å². The van der Waals surface area contributed by atoms with E-state index in [9.17, 15) is 14.7 Å². The van der Waals surface area contributed by atoms with Crippen LogP contribution in [-0.4, -0.2) is 42.8 Å². The molecule has 0 amide bonds. The first kappa shape index (κ1) is 21.3. The summed E-state index contributed by atoms with van der Waals surface area (Å²) < 4.78 is 10.5. The van der Waals surface area contributed by atoms with Crippen LogP contribution >= 0.6 is 0 Å². The number of ketones is 1. The zero-order valence-electron chi connectivity index (χ0n) is 18.3. The van der Waals surface area contributed by atoms with Crippen LogP contribution in [0.15, 0.2) is 0 Å². The standard InChI is InChI=1S/C24H38O5/c1-4-29-22(26)19-7-8-20-18-6-5-15-13-24(27,14-28-3)12-10-16(15)17(18)9-11-23(20,2)21(19)25/h15-20,27H,4-14H2,1-3H3/t15-,16+,17-,18-,19?,20+,23+,24-/m1/s1. The van der Waals surface area contributed by atoms with Crippen LogP contribution in [0.2, 0.25) is 0 Å². The first-order valence-corrected chi connectivity index (χ1v) is 11.7. The monoisotopic (exact) mass is 406 g/mol. The summed E-state index contributed by atoms with van der Waals surface area (Å²) in [5, 5.41) is 10.9. The Labute approximate surface area is 174 Å². The molecule has 1 unspecified atom stereocenters. The van der Waals surface area contributed by atoms with Crippen molar-refractivity contribution in [2.24, 2.45) is 40.9 Å². The molecular weight excluding hydrogens is 368 g/mol. The summed E-state index contributed by atoms with van der Waals surface area (Å²) in [5.74, 6) is 2.21. The van der Waals surface area contributed by atoms with Crippen molar-refractivity contribution in [1.82, 2.24) is 0 Å². The van der Waals surface area contributed by atoms with Crippen molar-refractivity contribution < 1.29 is 24.2 Å². The number of esters is 1. The summed E-state index contributed by atoms with van der Waals surface area (Å²) in [6, 6.07) is 0. The minimum atomic E-state index is -0.653. The van der Waals surface area contributed by atoms with Crippen molar-refractivity contribution in [3.8, 4) is 0 Å². The maximum absolute atomic E-state index is 13.4. The van der Waals surface area contributed by atoms with E-state index in [1.807, 2.05) is 0 Å². The van der Waals surface area contributed by atoms with Gasteiger partial charge in [0.05, 0.1) is 18.8 Å². The molecule has 4 aliphatic carbocycles. The number of carbonyl (C=O) groups is 2. The van der Waals surface area contributed by atoms with Crippen LogP contribution in [0.1, 0.15) is 71.6 Å². The summed E-state index contributed by atoms with van der Waals surface area (Å²) in [6.07, 6.45) is 8.70. The highest BCUT2D eigenvalue weighted by Gasteiger charge is 2.59. The third kappa shape index (κ3) is 3.56. The number of aliphatic hydroxyl groups is 1. The lowest BCUT2D eigenvalue weighted by molar-refractivity contribution is -0.168. The fourth-order valence-electron chi connectivity index (χ4n) is 7.86. The number of ether oxygens (including phenoxy) is 2. The molecule has 4 saturated carbocycles. The quantitative estimate of drug-likeness (QED) is 0.568. The molecular formula is C24H38O5. The second kappa shape index (κ2) is 7.96. The highest BCUT2D eigenvalue weighted by Crippen LogP contribution is 2.61. The lowest BCUT2D eigenvalue weighted by Crippen LogP contribution is -2.57. The van der Waals surface area contributed by atoms with Crippen LogP contribution in [0, 0.1) is 40.9 Å². The summed E-state index contributed by atoms with van der Waals surface area (Å²) in [7, 11) is 1.67. The van der Waals surface area contributed by atoms with Gasteiger partial charge in [-0.1, -0.05) is 6.92 Å². The number of hydrogen-bond donors (Lipinski definition) is 1. The number of rotatable bonds is 4. The van der Waals surface area contributed by atoms with E-state index >= 15 is 0 Å². The van der Waals surface area contributed by atoms with Crippen molar-refractivity contribution >= 4 is 11.8 Å². The van der Waals surface area contributed by atoms with E-state index in [0.29, 0.717) is 49.2 Å². The van der Waals surface area contributed by atoms with Gasteiger partial charge in [-0.3, -0.25) is 9.59 Å². The second-order valence-corrected chi connectivity index (χ2v) is 10.5. The van der Waals surface area contributed by atoms with Gasteiger partial charge in [0.2, 0.25) is 0 Å². The van der Waals surface area contributed by atoms with Crippen LogP contribution in [0.3, 0.4) is 0 Å². The molecule has 0 aromatic heterocycles. The van der Waals surface area contributed by atoms with Gasteiger partial charge >= 0.3 is 5.97 Å². The Kier molecular flexibility index (Phi) is 5.84. The molecule has 0 aromatic carbocycles. The molecule has 0 heterocycles. The summed E-state index contributed by atoms with van der Waals surface area (Å²) in [5.41, 5.74) is -1.02. The predicted octanol–water partition coefficient (Wildman–Crippen LogP) is 3.76. The van der Waals surface area contributed by atoms with E-state index in [4.69, 9.17) is 9.47 Å². The fourth-order valence-corrected chi connectivity index (χ4v) is 7.86. The number of carbonyl (C=O) groups excluding carboxylic acids is 2. The lowest BCUT2D eigenvalue weighted by Gasteiger charge is -2.59. The SMILES string of the molecule is CCOC(=O)C1CC[C@H]2[C@@H]3CC[C@@H]4C[C@@](O)(COC)CC[C@@H]4[C@H]3CC[C@]2(C)C1=O. The second-order valence-electron chi connectivity index (χ2n) is 10.5. The molecule has 1 N–H and O–H groups in total. The third-order valence-electron chi connectivity index (χ3n) is 9.12. The molecule has 5 heteroatoms. The zero-order valence-corrected chi connectivity index (χ0v) is 18.3. The van der Waals surface area contributed by atoms with E-state index in [0.717, 1.165) is 51.4 Å². The van der Waals surface area contributed by atoms with Gasteiger partial charge < -0.3 is 14.6 Å². The van der Waals surface area contributed by atoms with Crippen LogP contribution in [0.5, 0.6) is 0 Å². The first-order valence-electron chi connectivity index (χ1n) is 11.7. The molecule has 0 saturated heterocycles. The van der Waals surface area contributed by atoms with Crippen molar-refractivity contribution in [1.29, 1.82) is 0 Å². The van der Waals surface area contributed by atoms with Gasteiger partial charge in [-0.2, -0.15) is 0 Å². The van der Waals surface area contributed by atoms with Crippen LogP contribution in [0.25, 0.3) is 0 Å². The maximum atomic E-state index is 13.4. The Balaban J connectivity index is 1.49. The Bertz CT molecular complexity index is 647. The van der Waals surface area contributed by atoms with Gasteiger partial charge in [0.15, 0.2) is 5.78 Å². The first-order chi connectivity index (χ1) is 13.8. The number of hydrogen-bond acceptors (Lipinski definition) is 5. The molecule has 0 radical (unpaired) electrons. The van der Waals surface area contributed by atoms with Gasteiger partial charge in [-0.05, 0) is 94.3 Å². The van der Waals surface area contributed by atoms with Crippen LogP contribution < -0.4 is 0 Å². The number of Topliss-reactive ketones (excluding diaryl/α,β-unsaturated/α-hetero) is 1. The van der Waals surface area contributed by atoms with Crippen molar-refractivity contribution in [3.63, 3.8) is 0 Å². The summed E-state index contributed by atoms with van der Waals surface area (Å²) in [4.78, 5) is 25.7. The molecule has 0 bridgehead atoms. The molecule has 0 aliphatic heterocycles. The fraction of sp³-hybridized carbons (Fsp3) is 0.917. The molecule has 29 heavy (non-hydrogen) atoms. The van der Waals surface area contributed by atoms with Crippen molar-refractivity contribution in [2.45, 2.75) is 77.2 Å². The van der Waals surface area contributed by atoms with E-state index in [-0.39, 0.29) is 17.2 Å². The largest absolute Gasteiger partial charge is 0.465 e. The summed E-state index contributed by atoms with van der Waals surface area (Å²) >= 11 is 0. The average Bonchev–Trinajstić information content (AvgIpc) is 2.68. The number of fused-ring (bicyclic) bond motifs is 5. The average molecular weight is 407 g/mol. The smallest absolute Gasteiger partial charge is 0.316 e. The Morgan fingerprint density at radius 2 is 1.83 bits per heavy atom. The molecule has 0 spiro atoms. The van der Waals surface area contributed by atoms with Gasteiger partial charge in [0.25, 0.3) is 0 Å². The highest BCUT2D eigenvalue weighted by molar-refractivity contribution is 6.02. The van der Waals surface area contributed by atoms with Crippen molar-refractivity contribution in [2.75, 3.05) is 20.3 Å². The molecule has 164 valence electrons. The number of methoxy groups -OCH3 is 1. The highest BCUT2D eigenvalue weighted by atomic mass is 16.5. The Morgan fingerprint density at radius 3 is 2.55 bits per heavy atom. The predicted molar refractivity (Wildman–Crippen MR) is 109 cm³/mol. The molecule has 0 aromatic rings. The van der Waals surface area contributed by atoms with Crippen LogP contribution in [-0.2, 0) is 19.1 Å². The Hall–Kier alpha value is -0.940. The summed E-state index contributed by atoms with van der Waals surface area (Å²) in [6.45, 7) is 4.71. The third-order valence-corrected chi connectivity index (χ3v) is 9.12. The van der Waals surface area contributed by atoms with Gasteiger partial charge in [-0.25, -0.2) is 0 Å². The lowest BCUT2D eigenvalue weighted by atomic mass is 9.45. The normalized spacial score (nSPS) is 47.0.